The van der Waals surface area contributed by atoms with Crippen LogP contribution in [-0.4, -0.2) is 12.6 Å². The monoisotopic (exact) mass is 260 g/mol. The first-order chi connectivity index (χ1) is 8.71. The molecule has 1 aromatic rings. The second-order valence-corrected chi connectivity index (χ2v) is 6.15. The first-order valence-corrected chi connectivity index (χ1v) is 6.65. The van der Waals surface area contributed by atoms with Gasteiger partial charge in [-0.05, 0) is 23.5 Å². The van der Waals surface area contributed by atoms with E-state index in [4.69, 9.17) is 4.74 Å². The zero-order valence-electron chi connectivity index (χ0n) is 12.6. The zero-order valence-corrected chi connectivity index (χ0v) is 12.6. The molecule has 0 saturated carbocycles. The van der Waals surface area contributed by atoms with Crippen LogP contribution in [0.25, 0.3) is 0 Å². The molecule has 0 spiro atoms. The maximum Gasteiger partial charge on any atom is 0.333 e. The van der Waals surface area contributed by atoms with Crippen molar-refractivity contribution in [3.8, 4) is 0 Å². The molecule has 0 N–H and O–H groups in total. The average molecular weight is 260 g/mol. The Morgan fingerprint density at radius 1 is 1.26 bits per heavy atom. The summed E-state index contributed by atoms with van der Waals surface area (Å²) in [5, 5.41) is 0. The first-order valence-electron chi connectivity index (χ1n) is 6.65. The topological polar surface area (TPSA) is 26.3 Å². The van der Waals surface area contributed by atoms with E-state index in [1.807, 2.05) is 0 Å². The van der Waals surface area contributed by atoms with Crippen LogP contribution in [0.4, 0.5) is 0 Å². The van der Waals surface area contributed by atoms with Crippen LogP contribution < -0.4 is 0 Å². The minimum atomic E-state index is -0.321. The lowest BCUT2D eigenvalue weighted by Gasteiger charge is -2.20. The summed E-state index contributed by atoms with van der Waals surface area (Å²) in [6.45, 7) is 14.3. The van der Waals surface area contributed by atoms with Gasteiger partial charge in [0.1, 0.15) is 0 Å². The van der Waals surface area contributed by atoms with Crippen LogP contribution in [0.3, 0.4) is 0 Å². The molecule has 0 saturated heterocycles. The summed E-state index contributed by atoms with van der Waals surface area (Å²) in [5.74, 6) is -0.129. The third-order valence-electron chi connectivity index (χ3n) is 3.16. The average Bonchev–Trinajstić information content (AvgIpc) is 2.34. The number of hydrogen-bond acceptors (Lipinski definition) is 2. The van der Waals surface area contributed by atoms with Crippen LogP contribution >= 0.6 is 0 Å². The Morgan fingerprint density at radius 2 is 1.79 bits per heavy atom. The highest BCUT2D eigenvalue weighted by atomic mass is 16.5. The van der Waals surface area contributed by atoms with Gasteiger partial charge in [-0.15, -0.1) is 0 Å². The van der Waals surface area contributed by atoms with Gasteiger partial charge in [0.15, 0.2) is 0 Å². The van der Waals surface area contributed by atoms with Gasteiger partial charge in [0.05, 0.1) is 6.61 Å². The van der Waals surface area contributed by atoms with Crippen LogP contribution in [0, 0.1) is 0 Å². The minimum absolute atomic E-state index is 0.161. The van der Waals surface area contributed by atoms with Gasteiger partial charge in [0, 0.05) is 11.5 Å². The van der Waals surface area contributed by atoms with Crippen LogP contribution in [0.2, 0.25) is 0 Å². The number of benzene rings is 1. The maximum atomic E-state index is 11.3. The van der Waals surface area contributed by atoms with Crippen LogP contribution in [0.5, 0.6) is 0 Å². The molecule has 0 bridgehead atoms. The van der Waals surface area contributed by atoms with Crippen molar-refractivity contribution < 1.29 is 9.53 Å². The summed E-state index contributed by atoms with van der Waals surface area (Å²) in [6, 6.07) is 8.51. The van der Waals surface area contributed by atoms with E-state index in [1.54, 1.807) is 6.92 Å². The van der Waals surface area contributed by atoms with E-state index in [-0.39, 0.29) is 17.3 Å². The van der Waals surface area contributed by atoms with Gasteiger partial charge in [-0.3, -0.25) is 0 Å². The summed E-state index contributed by atoms with van der Waals surface area (Å²) >= 11 is 0. The Balaban J connectivity index is 2.66. The van der Waals surface area contributed by atoms with Gasteiger partial charge in [-0.2, -0.15) is 0 Å². The number of carbonyl (C=O) groups excluding carboxylic acids is 1. The number of carbonyl (C=O) groups is 1. The highest BCUT2D eigenvalue weighted by molar-refractivity contribution is 5.86. The van der Waals surface area contributed by atoms with Gasteiger partial charge in [-0.25, -0.2) is 4.79 Å². The fraction of sp³-hybridized carbons (Fsp3) is 0.471. The predicted molar refractivity (Wildman–Crippen MR) is 79.3 cm³/mol. The third-order valence-corrected chi connectivity index (χ3v) is 3.16. The van der Waals surface area contributed by atoms with E-state index in [2.05, 4.69) is 58.5 Å². The molecule has 1 aromatic carbocycles. The van der Waals surface area contributed by atoms with Gasteiger partial charge < -0.3 is 4.74 Å². The molecule has 104 valence electrons. The SMILES string of the molecule is C=C(C)C(=O)OCC(C)c1ccc(C(C)(C)C)cc1. The second kappa shape index (κ2) is 6.05. The molecule has 0 aliphatic rings. The van der Waals surface area contributed by atoms with Crippen LogP contribution in [-0.2, 0) is 14.9 Å². The number of hydrogen-bond donors (Lipinski definition) is 0. The Morgan fingerprint density at radius 3 is 2.21 bits per heavy atom. The Labute approximate surface area is 116 Å². The largest absolute Gasteiger partial charge is 0.462 e. The van der Waals surface area contributed by atoms with Crippen LogP contribution in [0.1, 0.15) is 51.7 Å². The summed E-state index contributed by atoms with van der Waals surface area (Å²) in [6.07, 6.45) is 0. The molecule has 1 rings (SSSR count). The fourth-order valence-electron chi connectivity index (χ4n) is 1.73. The standard InChI is InChI=1S/C17H24O2/c1-12(2)16(18)19-11-13(3)14-7-9-15(10-8-14)17(4,5)6/h7-10,13H,1,11H2,2-6H3. The molecule has 1 atom stereocenters. The lowest BCUT2D eigenvalue weighted by atomic mass is 9.86. The highest BCUT2D eigenvalue weighted by Gasteiger charge is 2.14. The summed E-state index contributed by atoms with van der Waals surface area (Å²) < 4.78 is 5.18. The van der Waals surface area contributed by atoms with Gasteiger partial charge in [-0.1, -0.05) is 58.5 Å². The van der Waals surface area contributed by atoms with Crippen molar-refractivity contribution in [3.05, 3.63) is 47.5 Å². The summed E-state index contributed by atoms with van der Waals surface area (Å²) in [5.41, 5.74) is 3.09. The van der Waals surface area contributed by atoms with Gasteiger partial charge in [0.2, 0.25) is 0 Å². The first kappa shape index (κ1) is 15.5. The van der Waals surface area contributed by atoms with Crippen molar-refractivity contribution in [3.63, 3.8) is 0 Å². The maximum absolute atomic E-state index is 11.3. The Bertz CT molecular complexity index is 449. The molecular formula is C17H24O2. The predicted octanol–water partition coefficient (Wildman–Crippen LogP) is 4.21. The molecule has 2 heteroatoms. The molecule has 0 radical (unpaired) electrons. The van der Waals surface area contributed by atoms with Crippen molar-refractivity contribution in [1.82, 2.24) is 0 Å². The highest BCUT2D eigenvalue weighted by Crippen LogP contribution is 2.24. The fourth-order valence-corrected chi connectivity index (χ4v) is 1.73. The third kappa shape index (κ3) is 4.55. The Hall–Kier alpha value is -1.57. The van der Waals surface area contributed by atoms with Crippen molar-refractivity contribution in [1.29, 1.82) is 0 Å². The molecule has 0 amide bonds. The van der Waals surface area contributed by atoms with E-state index in [1.165, 1.54) is 11.1 Å². The molecule has 1 unspecified atom stereocenters. The van der Waals surface area contributed by atoms with E-state index in [0.29, 0.717) is 12.2 Å². The number of rotatable bonds is 4. The number of ether oxygens (including phenoxy) is 1. The molecule has 0 aliphatic heterocycles. The van der Waals surface area contributed by atoms with Crippen LogP contribution in [0.15, 0.2) is 36.4 Å². The van der Waals surface area contributed by atoms with E-state index < -0.39 is 0 Å². The Kier molecular flexibility index (Phi) is 4.93. The van der Waals surface area contributed by atoms with Gasteiger partial charge in [0.25, 0.3) is 0 Å². The molecule has 0 fully saturated rings. The molecule has 2 nitrogen and oxygen atoms in total. The normalized spacial score (nSPS) is 12.9. The molecule has 0 aliphatic carbocycles. The lowest BCUT2D eigenvalue weighted by Crippen LogP contribution is -2.13. The second-order valence-electron chi connectivity index (χ2n) is 6.15. The quantitative estimate of drug-likeness (QED) is 0.599. The van der Waals surface area contributed by atoms with E-state index in [0.717, 1.165) is 0 Å². The smallest absolute Gasteiger partial charge is 0.333 e. The molecule has 0 heterocycles. The summed E-state index contributed by atoms with van der Waals surface area (Å²) in [7, 11) is 0. The minimum Gasteiger partial charge on any atom is -0.462 e. The number of esters is 1. The van der Waals surface area contributed by atoms with Crippen molar-refractivity contribution >= 4 is 5.97 Å². The lowest BCUT2D eigenvalue weighted by molar-refractivity contribution is -0.139. The van der Waals surface area contributed by atoms with E-state index >= 15 is 0 Å². The van der Waals surface area contributed by atoms with Crippen molar-refractivity contribution in [2.75, 3.05) is 6.61 Å². The van der Waals surface area contributed by atoms with Crippen molar-refractivity contribution in [2.24, 2.45) is 0 Å². The zero-order chi connectivity index (χ0) is 14.6. The molecule has 19 heavy (non-hydrogen) atoms. The molecule has 0 aromatic heterocycles. The molecular weight excluding hydrogens is 236 g/mol. The van der Waals surface area contributed by atoms with E-state index in [9.17, 15) is 4.79 Å². The van der Waals surface area contributed by atoms with Crippen molar-refractivity contribution in [2.45, 2.75) is 46.0 Å². The summed E-state index contributed by atoms with van der Waals surface area (Å²) in [4.78, 5) is 11.3. The van der Waals surface area contributed by atoms with Gasteiger partial charge >= 0.3 is 5.97 Å².